The van der Waals surface area contributed by atoms with Gasteiger partial charge in [-0.1, -0.05) is 6.07 Å². The first kappa shape index (κ1) is 13.7. The molecule has 5 heteroatoms. The van der Waals surface area contributed by atoms with Crippen LogP contribution in [-0.2, 0) is 16.0 Å². The molecule has 104 valence electrons. The van der Waals surface area contributed by atoms with E-state index in [9.17, 15) is 4.79 Å². The normalized spacial score (nSPS) is 14.1. The zero-order chi connectivity index (χ0) is 13.7. The van der Waals surface area contributed by atoms with E-state index in [1.165, 1.54) is 5.56 Å². The van der Waals surface area contributed by atoms with Crippen LogP contribution in [0.1, 0.15) is 12.0 Å². The lowest BCUT2D eigenvalue weighted by Gasteiger charge is -2.31. The zero-order valence-corrected chi connectivity index (χ0v) is 11.3. The number of benzene rings is 1. The highest BCUT2D eigenvalue weighted by molar-refractivity contribution is 5.82. The standard InChI is InChI=1S/C14H21N3O2/c1-19-8-6-16-14(18)10-17-7-2-3-11-4-5-12(15)9-13(11)17/h4-5,9H,2-3,6-8,10,15H2,1H3,(H,16,18). The lowest BCUT2D eigenvalue weighted by atomic mass is 10.0. The quantitative estimate of drug-likeness (QED) is 0.608. The fourth-order valence-corrected chi connectivity index (χ4v) is 2.35. The molecule has 0 radical (unpaired) electrons. The first-order valence-electron chi connectivity index (χ1n) is 6.59. The summed E-state index contributed by atoms with van der Waals surface area (Å²) in [7, 11) is 1.62. The number of hydrogen-bond acceptors (Lipinski definition) is 4. The molecule has 3 N–H and O–H groups in total. The highest BCUT2D eigenvalue weighted by Gasteiger charge is 2.19. The maximum Gasteiger partial charge on any atom is 0.239 e. The Morgan fingerprint density at radius 3 is 3.16 bits per heavy atom. The molecule has 0 fully saturated rings. The molecule has 1 aromatic rings. The van der Waals surface area contributed by atoms with E-state index in [4.69, 9.17) is 10.5 Å². The van der Waals surface area contributed by atoms with E-state index >= 15 is 0 Å². The van der Waals surface area contributed by atoms with E-state index in [2.05, 4.69) is 16.3 Å². The van der Waals surface area contributed by atoms with Gasteiger partial charge in [-0.3, -0.25) is 4.79 Å². The molecular weight excluding hydrogens is 242 g/mol. The van der Waals surface area contributed by atoms with Gasteiger partial charge in [0.1, 0.15) is 0 Å². The van der Waals surface area contributed by atoms with Crippen molar-refractivity contribution >= 4 is 17.3 Å². The minimum atomic E-state index is 0.0207. The summed E-state index contributed by atoms with van der Waals surface area (Å²) in [6.07, 6.45) is 2.12. The van der Waals surface area contributed by atoms with Gasteiger partial charge in [-0.2, -0.15) is 0 Å². The van der Waals surface area contributed by atoms with Crippen LogP contribution in [0.4, 0.5) is 11.4 Å². The van der Waals surface area contributed by atoms with Gasteiger partial charge < -0.3 is 20.7 Å². The zero-order valence-electron chi connectivity index (χ0n) is 11.3. The van der Waals surface area contributed by atoms with Gasteiger partial charge in [0, 0.05) is 31.6 Å². The van der Waals surface area contributed by atoms with Crippen LogP contribution in [0.25, 0.3) is 0 Å². The van der Waals surface area contributed by atoms with Crippen molar-refractivity contribution in [1.82, 2.24) is 5.32 Å². The number of nitrogens with two attached hydrogens (primary N) is 1. The molecule has 1 aliphatic rings. The summed E-state index contributed by atoms with van der Waals surface area (Å²) < 4.78 is 4.91. The summed E-state index contributed by atoms with van der Waals surface area (Å²) in [5.74, 6) is 0.0207. The van der Waals surface area contributed by atoms with Crippen LogP contribution in [-0.4, -0.2) is 39.3 Å². The number of methoxy groups -OCH3 is 1. The Morgan fingerprint density at radius 2 is 2.37 bits per heavy atom. The first-order valence-corrected chi connectivity index (χ1v) is 6.59. The summed E-state index contributed by atoms with van der Waals surface area (Å²) >= 11 is 0. The number of nitrogens with zero attached hydrogens (tertiary/aromatic N) is 1. The molecule has 5 nitrogen and oxygen atoms in total. The molecule has 0 aliphatic carbocycles. The predicted molar refractivity (Wildman–Crippen MR) is 76.3 cm³/mol. The third-order valence-electron chi connectivity index (χ3n) is 3.29. The Hall–Kier alpha value is -1.75. The molecule has 0 unspecified atom stereocenters. The Kier molecular flexibility index (Phi) is 4.63. The van der Waals surface area contributed by atoms with Gasteiger partial charge in [-0.25, -0.2) is 0 Å². The molecule has 19 heavy (non-hydrogen) atoms. The number of carbonyl (C=O) groups is 1. The average molecular weight is 263 g/mol. The number of aryl methyl sites for hydroxylation is 1. The maximum atomic E-state index is 11.8. The van der Waals surface area contributed by atoms with Gasteiger partial charge in [0.05, 0.1) is 13.2 Å². The number of ether oxygens (including phenoxy) is 1. The molecule has 0 bridgehead atoms. The number of anilines is 2. The van der Waals surface area contributed by atoms with E-state index in [0.717, 1.165) is 30.8 Å². The maximum absolute atomic E-state index is 11.8. The first-order chi connectivity index (χ1) is 9.20. The lowest BCUT2D eigenvalue weighted by molar-refractivity contribution is -0.120. The van der Waals surface area contributed by atoms with Crippen LogP contribution in [0.5, 0.6) is 0 Å². The van der Waals surface area contributed by atoms with Crippen LogP contribution in [0.2, 0.25) is 0 Å². The van der Waals surface area contributed by atoms with Gasteiger partial charge in [-0.05, 0) is 30.5 Å². The number of amides is 1. The van der Waals surface area contributed by atoms with Crippen LogP contribution < -0.4 is 16.0 Å². The summed E-state index contributed by atoms with van der Waals surface area (Å²) in [5.41, 5.74) is 8.93. The van der Waals surface area contributed by atoms with Crippen molar-refractivity contribution in [2.75, 3.05) is 44.0 Å². The van der Waals surface area contributed by atoms with Crippen molar-refractivity contribution in [2.45, 2.75) is 12.8 Å². The van der Waals surface area contributed by atoms with Crippen molar-refractivity contribution in [3.63, 3.8) is 0 Å². The van der Waals surface area contributed by atoms with Crippen LogP contribution in [0.3, 0.4) is 0 Å². The summed E-state index contributed by atoms with van der Waals surface area (Å²) in [4.78, 5) is 13.9. The van der Waals surface area contributed by atoms with Gasteiger partial charge >= 0.3 is 0 Å². The van der Waals surface area contributed by atoms with Crippen molar-refractivity contribution in [1.29, 1.82) is 0 Å². The van der Waals surface area contributed by atoms with Crippen molar-refractivity contribution in [3.8, 4) is 0 Å². The highest BCUT2D eigenvalue weighted by atomic mass is 16.5. The molecule has 0 saturated heterocycles. The van der Waals surface area contributed by atoms with E-state index in [-0.39, 0.29) is 5.91 Å². The van der Waals surface area contributed by atoms with Gasteiger partial charge in [-0.15, -0.1) is 0 Å². The Labute approximate surface area is 113 Å². The molecule has 1 aliphatic heterocycles. The molecule has 0 saturated carbocycles. The Bertz CT molecular complexity index is 448. The van der Waals surface area contributed by atoms with Crippen molar-refractivity contribution in [2.24, 2.45) is 0 Å². The number of nitrogen functional groups attached to an aromatic ring is 1. The molecule has 0 spiro atoms. The second kappa shape index (κ2) is 6.43. The third-order valence-corrected chi connectivity index (χ3v) is 3.29. The van der Waals surface area contributed by atoms with E-state index in [1.807, 2.05) is 12.1 Å². The van der Waals surface area contributed by atoms with E-state index in [0.29, 0.717) is 19.7 Å². The topological polar surface area (TPSA) is 67.6 Å². The SMILES string of the molecule is COCCNC(=O)CN1CCCc2ccc(N)cc21. The largest absolute Gasteiger partial charge is 0.399 e. The fraction of sp³-hybridized carbons (Fsp3) is 0.500. The Morgan fingerprint density at radius 1 is 1.53 bits per heavy atom. The van der Waals surface area contributed by atoms with Crippen molar-refractivity contribution < 1.29 is 9.53 Å². The average Bonchev–Trinajstić information content (AvgIpc) is 2.40. The minimum Gasteiger partial charge on any atom is -0.399 e. The minimum absolute atomic E-state index is 0.0207. The molecule has 1 amide bonds. The van der Waals surface area contributed by atoms with Crippen LogP contribution >= 0.6 is 0 Å². The summed E-state index contributed by atoms with van der Waals surface area (Å²) in [5, 5.41) is 2.84. The number of rotatable bonds is 5. The third kappa shape index (κ3) is 3.61. The monoisotopic (exact) mass is 263 g/mol. The lowest BCUT2D eigenvalue weighted by Crippen LogP contribution is -2.40. The van der Waals surface area contributed by atoms with E-state index in [1.54, 1.807) is 7.11 Å². The molecule has 2 rings (SSSR count). The number of fused-ring (bicyclic) bond motifs is 1. The molecule has 1 aromatic carbocycles. The van der Waals surface area contributed by atoms with Crippen LogP contribution in [0.15, 0.2) is 18.2 Å². The van der Waals surface area contributed by atoms with Crippen LogP contribution in [0, 0.1) is 0 Å². The molecule has 1 heterocycles. The Balaban J connectivity index is 1.99. The smallest absolute Gasteiger partial charge is 0.239 e. The second-order valence-corrected chi connectivity index (χ2v) is 4.76. The van der Waals surface area contributed by atoms with Crippen molar-refractivity contribution in [3.05, 3.63) is 23.8 Å². The molecule has 0 atom stereocenters. The predicted octanol–water partition coefficient (Wildman–Crippen LogP) is 0.784. The summed E-state index contributed by atoms with van der Waals surface area (Å²) in [6.45, 7) is 2.36. The van der Waals surface area contributed by atoms with Gasteiger partial charge in [0.15, 0.2) is 0 Å². The van der Waals surface area contributed by atoms with Gasteiger partial charge in [0.25, 0.3) is 0 Å². The molecule has 0 aromatic heterocycles. The molecular formula is C14H21N3O2. The summed E-state index contributed by atoms with van der Waals surface area (Å²) in [6, 6.07) is 5.93. The van der Waals surface area contributed by atoms with E-state index < -0.39 is 0 Å². The van der Waals surface area contributed by atoms with Gasteiger partial charge in [0.2, 0.25) is 5.91 Å². The fourth-order valence-electron chi connectivity index (χ4n) is 2.35. The number of hydrogen-bond donors (Lipinski definition) is 2. The number of nitrogens with one attached hydrogen (secondary N) is 1. The second-order valence-electron chi connectivity index (χ2n) is 4.76. The number of carbonyl (C=O) groups excluding carboxylic acids is 1. The highest BCUT2D eigenvalue weighted by Crippen LogP contribution is 2.28.